The third-order valence-electron chi connectivity index (χ3n) is 4.24. The molecule has 2 aromatic carbocycles. The topological polar surface area (TPSA) is 0 Å². The van der Waals surface area contributed by atoms with Crippen LogP contribution in [0.2, 0.25) is 0 Å². The molecule has 0 amide bonds. The van der Waals surface area contributed by atoms with E-state index in [0.29, 0.717) is 11.8 Å². The Labute approximate surface area is 121 Å². The molecule has 0 saturated carbocycles. The largest absolute Gasteiger partial charge is 0.0761 e. The van der Waals surface area contributed by atoms with Crippen LogP contribution in [-0.2, 0) is 0 Å². The number of allylic oxidation sites excluding steroid dienone is 4. The van der Waals surface area contributed by atoms with E-state index in [1.54, 1.807) is 0 Å². The average Bonchev–Trinajstić information content (AvgIpc) is 2.51. The summed E-state index contributed by atoms with van der Waals surface area (Å²) in [6.07, 6.45) is 8.96. The van der Waals surface area contributed by atoms with E-state index in [9.17, 15) is 0 Å². The second kappa shape index (κ2) is 5.50. The molecule has 0 aromatic heterocycles. The van der Waals surface area contributed by atoms with E-state index in [2.05, 4.69) is 86.7 Å². The lowest BCUT2D eigenvalue weighted by Gasteiger charge is -2.25. The molecule has 0 radical (unpaired) electrons. The molecule has 3 rings (SSSR count). The summed E-state index contributed by atoms with van der Waals surface area (Å²) in [6.45, 7) is 4.36. The number of benzene rings is 2. The van der Waals surface area contributed by atoms with Crippen molar-refractivity contribution in [3.8, 4) is 0 Å². The Morgan fingerprint density at radius 2 is 1.30 bits per heavy atom. The van der Waals surface area contributed by atoms with E-state index in [1.807, 2.05) is 0 Å². The Balaban J connectivity index is 2.00. The van der Waals surface area contributed by atoms with Crippen LogP contribution >= 0.6 is 0 Å². The fourth-order valence-electron chi connectivity index (χ4n) is 2.89. The molecule has 1 aliphatic rings. The van der Waals surface area contributed by atoms with E-state index in [0.717, 1.165) is 0 Å². The third-order valence-corrected chi connectivity index (χ3v) is 4.24. The van der Waals surface area contributed by atoms with Gasteiger partial charge < -0.3 is 0 Å². The van der Waals surface area contributed by atoms with Crippen LogP contribution < -0.4 is 0 Å². The van der Waals surface area contributed by atoms with Gasteiger partial charge in [0.1, 0.15) is 0 Å². The van der Waals surface area contributed by atoms with E-state index in [1.165, 1.54) is 22.3 Å². The predicted octanol–water partition coefficient (Wildman–Crippen LogP) is 5.30. The summed E-state index contributed by atoms with van der Waals surface area (Å²) >= 11 is 0. The van der Waals surface area contributed by atoms with Crippen LogP contribution in [0, 0.1) is 13.8 Å². The maximum Gasteiger partial charge on any atom is 0.0125 e. The molecular weight excluding hydrogens is 240 g/mol. The van der Waals surface area contributed by atoms with Crippen LogP contribution in [0.25, 0.3) is 0 Å². The van der Waals surface area contributed by atoms with Crippen LogP contribution in [-0.4, -0.2) is 0 Å². The smallest absolute Gasteiger partial charge is 0.0125 e. The molecule has 0 spiro atoms. The van der Waals surface area contributed by atoms with Crippen molar-refractivity contribution in [2.24, 2.45) is 0 Å². The minimum atomic E-state index is 0.432. The minimum absolute atomic E-state index is 0.432. The molecule has 20 heavy (non-hydrogen) atoms. The zero-order valence-corrected chi connectivity index (χ0v) is 12.1. The fraction of sp³-hybridized carbons (Fsp3) is 0.200. The molecule has 0 fully saturated rings. The van der Waals surface area contributed by atoms with Gasteiger partial charge >= 0.3 is 0 Å². The highest BCUT2D eigenvalue weighted by Gasteiger charge is 2.22. The van der Waals surface area contributed by atoms with Crippen LogP contribution in [0.5, 0.6) is 0 Å². The molecule has 0 heteroatoms. The molecule has 2 atom stereocenters. The molecular formula is C20H20. The average molecular weight is 260 g/mol. The Kier molecular flexibility index (Phi) is 3.56. The van der Waals surface area contributed by atoms with Crippen molar-refractivity contribution in [1.29, 1.82) is 0 Å². The molecule has 0 heterocycles. The molecule has 1 aliphatic carbocycles. The zero-order valence-electron chi connectivity index (χ0n) is 12.1. The van der Waals surface area contributed by atoms with Gasteiger partial charge in [0.25, 0.3) is 0 Å². The quantitative estimate of drug-likeness (QED) is 0.687. The van der Waals surface area contributed by atoms with Gasteiger partial charge in [-0.25, -0.2) is 0 Å². The lowest BCUT2D eigenvalue weighted by molar-refractivity contribution is 0.729. The number of rotatable bonds is 2. The summed E-state index contributed by atoms with van der Waals surface area (Å²) in [5.74, 6) is 0.866. The second-order valence-electron chi connectivity index (χ2n) is 5.58. The highest BCUT2D eigenvalue weighted by Crippen LogP contribution is 2.37. The van der Waals surface area contributed by atoms with Gasteiger partial charge in [-0.3, -0.25) is 0 Å². The van der Waals surface area contributed by atoms with E-state index >= 15 is 0 Å². The SMILES string of the molecule is Cc1ccc(C2C=CC=CC2c2ccccc2)cc1C. The van der Waals surface area contributed by atoms with Crippen molar-refractivity contribution in [1.82, 2.24) is 0 Å². The number of aryl methyl sites for hydroxylation is 2. The molecule has 0 nitrogen and oxygen atoms in total. The summed E-state index contributed by atoms with van der Waals surface area (Å²) in [5.41, 5.74) is 5.52. The second-order valence-corrected chi connectivity index (χ2v) is 5.58. The lowest BCUT2D eigenvalue weighted by Crippen LogP contribution is -2.09. The number of hydrogen-bond acceptors (Lipinski definition) is 0. The van der Waals surface area contributed by atoms with Crippen molar-refractivity contribution in [3.63, 3.8) is 0 Å². The summed E-state index contributed by atoms with van der Waals surface area (Å²) in [4.78, 5) is 0. The molecule has 0 aliphatic heterocycles. The van der Waals surface area contributed by atoms with Gasteiger partial charge in [0.15, 0.2) is 0 Å². The normalized spacial score (nSPS) is 21.1. The summed E-state index contributed by atoms with van der Waals surface area (Å²) in [6, 6.07) is 17.6. The Morgan fingerprint density at radius 3 is 1.95 bits per heavy atom. The van der Waals surface area contributed by atoms with E-state index < -0.39 is 0 Å². The monoisotopic (exact) mass is 260 g/mol. The van der Waals surface area contributed by atoms with Crippen LogP contribution in [0.4, 0.5) is 0 Å². The molecule has 100 valence electrons. The lowest BCUT2D eigenvalue weighted by atomic mass is 9.78. The first-order chi connectivity index (χ1) is 9.75. The minimum Gasteiger partial charge on any atom is -0.0761 e. The van der Waals surface area contributed by atoms with E-state index in [-0.39, 0.29) is 0 Å². The van der Waals surface area contributed by atoms with Gasteiger partial charge in [-0.05, 0) is 36.1 Å². The van der Waals surface area contributed by atoms with Crippen molar-refractivity contribution in [2.45, 2.75) is 25.7 Å². The summed E-state index contributed by atoms with van der Waals surface area (Å²) in [7, 11) is 0. The molecule has 0 N–H and O–H groups in total. The van der Waals surface area contributed by atoms with Crippen LogP contribution in [0.3, 0.4) is 0 Å². The van der Waals surface area contributed by atoms with Crippen LogP contribution in [0.15, 0.2) is 72.8 Å². The highest BCUT2D eigenvalue weighted by molar-refractivity contribution is 5.41. The van der Waals surface area contributed by atoms with Gasteiger partial charge in [-0.2, -0.15) is 0 Å². The van der Waals surface area contributed by atoms with Crippen molar-refractivity contribution >= 4 is 0 Å². The maximum absolute atomic E-state index is 2.33. The van der Waals surface area contributed by atoms with Gasteiger partial charge in [-0.1, -0.05) is 72.8 Å². The Morgan fingerprint density at radius 1 is 0.650 bits per heavy atom. The first kappa shape index (κ1) is 12.9. The van der Waals surface area contributed by atoms with E-state index in [4.69, 9.17) is 0 Å². The van der Waals surface area contributed by atoms with Gasteiger partial charge in [0.05, 0.1) is 0 Å². The predicted molar refractivity (Wildman–Crippen MR) is 86.1 cm³/mol. The first-order valence-corrected chi connectivity index (χ1v) is 7.23. The summed E-state index contributed by atoms with van der Waals surface area (Å²) < 4.78 is 0. The Hall–Kier alpha value is -2.08. The molecule has 0 saturated heterocycles. The zero-order chi connectivity index (χ0) is 13.9. The van der Waals surface area contributed by atoms with Gasteiger partial charge in [-0.15, -0.1) is 0 Å². The number of hydrogen-bond donors (Lipinski definition) is 0. The third kappa shape index (κ3) is 2.46. The molecule has 2 aromatic rings. The van der Waals surface area contributed by atoms with Crippen molar-refractivity contribution in [3.05, 3.63) is 95.1 Å². The van der Waals surface area contributed by atoms with Gasteiger partial charge in [0.2, 0.25) is 0 Å². The molecule has 2 unspecified atom stereocenters. The van der Waals surface area contributed by atoms with Crippen molar-refractivity contribution in [2.75, 3.05) is 0 Å². The highest BCUT2D eigenvalue weighted by atomic mass is 14.3. The summed E-state index contributed by atoms with van der Waals surface area (Å²) in [5, 5.41) is 0. The fourth-order valence-corrected chi connectivity index (χ4v) is 2.89. The van der Waals surface area contributed by atoms with Gasteiger partial charge in [0, 0.05) is 11.8 Å². The maximum atomic E-state index is 2.33. The van der Waals surface area contributed by atoms with Crippen LogP contribution in [0.1, 0.15) is 34.1 Å². The Bertz CT molecular complexity index is 647. The molecule has 0 bridgehead atoms. The standard InChI is InChI=1S/C20H20/c1-15-12-13-18(14-16(15)2)20-11-7-6-10-19(20)17-8-4-3-5-9-17/h3-14,19-20H,1-2H3. The van der Waals surface area contributed by atoms with Crippen molar-refractivity contribution < 1.29 is 0 Å². The first-order valence-electron chi connectivity index (χ1n) is 7.23.